The second kappa shape index (κ2) is 10.0. The number of esters is 1. The molecule has 1 amide bonds. The summed E-state index contributed by atoms with van der Waals surface area (Å²) in [6.07, 6.45) is 0.677. The van der Waals surface area contributed by atoms with Crippen LogP contribution >= 0.6 is 0 Å². The number of ether oxygens (including phenoxy) is 4. The molecule has 0 heterocycles. The molecular weight excluding hydrogens is 362 g/mol. The number of aryl methyl sites for hydroxylation is 1. The lowest BCUT2D eigenvalue weighted by Crippen LogP contribution is -2.26. The van der Waals surface area contributed by atoms with Crippen LogP contribution in [0.4, 0.5) is 10.5 Å². The maximum absolute atomic E-state index is 12.2. The molecule has 0 fully saturated rings. The van der Waals surface area contributed by atoms with Gasteiger partial charge in [-0.3, -0.25) is 4.90 Å². The molecule has 0 aliphatic carbocycles. The molecule has 0 spiro atoms. The third kappa shape index (κ3) is 5.51. The molecule has 2 rings (SSSR count). The van der Waals surface area contributed by atoms with Crippen molar-refractivity contribution >= 4 is 17.7 Å². The predicted molar refractivity (Wildman–Crippen MR) is 104 cm³/mol. The number of hydrogen-bond donors (Lipinski definition) is 0. The Morgan fingerprint density at radius 3 is 2.43 bits per heavy atom. The Kier molecular flexibility index (Phi) is 7.45. The molecule has 2 aromatic carbocycles. The second-order valence-electron chi connectivity index (χ2n) is 5.86. The molecule has 0 N–H and O–H groups in total. The third-order valence-electron chi connectivity index (χ3n) is 3.86. The number of hydrogen-bond acceptors (Lipinski definition) is 6. The van der Waals surface area contributed by atoms with Crippen LogP contribution in [0.15, 0.2) is 60.6 Å². The van der Waals surface area contributed by atoms with Crippen molar-refractivity contribution in [3.05, 3.63) is 71.7 Å². The van der Waals surface area contributed by atoms with Crippen molar-refractivity contribution in [1.29, 1.82) is 0 Å². The normalized spacial score (nSPS) is 10.8. The number of carbonyl (C=O) groups excluding carboxylic acids is 2. The van der Waals surface area contributed by atoms with Crippen LogP contribution in [0.2, 0.25) is 0 Å². The van der Waals surface area contributed by atoms with Gasteiger partial charge in [-0.1, -0.05) is 30.3 Å². The summed E-state index contributed by atoms with van der Waals surface area (Å²) in [5.41, 5.74) is 2.23. The minimum atomic E-state index is -0.664. The van der Waals surface area contributed by atoms with Gasteiger partial charge in [0, 0.05) is 12.7 Å². The van der Waals surface area contributed by atoms with Crippen molar-refractivity contribution in [3.63, 3.8) is 0 Å². The van der Waals surface area contributed by atoms with Gasteiger partial charge in [0.05, 0.1) is 14.2 Å². The molecule has 7 nitrogen and oxygen atoms in total. The van der Waals surface area contributed by atoms with Gasteiger partial charge in [-0.05, 0) is 36.2 Å². The second-order valence-corrected chi connectivity index (χ2v) is 5.86. The van der Waals surface area contributed by atoms with E-state index in [4.69, 9.17) is 14.2 Å². The number of carbonyl (C=O) groups is 2. The molecule has 0 unspecified atom stereocenters. The van der Waals surface area contributed by atoms with Gasteiger partial charge in [-0.25, -0.2) is 9.59 Å². The van der Waals surface area contributed by atoms with Crippen LogP contribution in [0.5, 0.6) is 5.75 Å². The zero-order valence-electron chi connectivity index (χ0n) is 16.3. The molecular formula is C21H23NO6. The zero-order chi connectivity index (χ0) is 20.5. The number of anilines is 1. The van der Waals surface area contributed by atoms with Crippen LogP contribution in [0.1, 0.15) is 11.1 Å². The number of nitrogens with zero attached hydrogens (tertiary/aromatic N) is 1. The number of rotatable bonds is 7. The molecule has 2 aromatic rings. The maximum Gasteiger partial charge on any atom is 0.414 e. The first-order valence-corrected chi connectivity index (χ1v) is 8.50. The highest BCUT2D eigenvalue weighted by atomic mass is 16.6. The lowest BCUT2D eigenvalue weighted by atomic mass is 10.1. The van der Waals surface area contributed by atoms with Crippen molar-refractivity contribution in [2.24, 2.45) is 0 Å². The molecule has 28 heavy (non-hydrogen) atoms. The van der Waals surface area contributed by atoms with Crippen molar-refractivity contribution in [2.75, 3.05) is 26.2 Å². The summed E-state index contributed by atoms with van der Waals surface area (Å²) in [6, 6.07) is 14.5. The van der Waals surface area contributed by atoms with Crippen molar-refractivity contribution in [3.8, 4) is 5.75 Å². The average Bonchev–Trinajstić information content (AvgIpc) is 2.73. The topological polar surface area (TPSA) is 74.3 Å². The number of para-hydroxylation sites is 1. The van der Waals surface area contributed by atoms with E-state index < -0.39 is 12.1 Å². The van der Waals surface area contributed by atoms with Gasteiger partial charge in [0.2, 0.25) is 5.76 Å². The van der Waals surface area contributed by atoms with E-state index in [1.165, 1.54) is 19.1 Å². The summed E-state index contributed by atoms with van der Waals surface area (Å²) in [6.45, 7) is 1.88. The minimum absolute atomic E-state index is 0.0498. The van der Waals surface area contributed by atoms with Crippen LogP contribution in [-0.2, 0) is 25.6 Å². The molecule has 0 aromatic heterocycles. The molecule has 148 valence electrons. The SMILES string of the molecule is CO/C=C(\Oc1cc(COC(=O)N(C)c2ccccc2)ccc1C)C(=O)OC. The van der Waals surface area contributed by atoms with Crippen LogP contribution < -0.4 is 9.64 Å². The van der Waals surface area contributed by atoms with Crippen molar-refractivity contribution < 1.29 is 28.5 Å². The van der Waals surface area contributed by atoms with Crippen LogP contribution in [0, 0.1) is 6.92 Å². The average molecular weight is 385 g/mol. The van der Waals surface area contributed by atoms with Crippen molar-refractivity contribution in [1.82, 2.24) is 0 Å². The van der Waals surface area contributed by atoms with E-state index >= 15 is 0 Å². The van der Waals surface area contributed by atoms with E-state index in [9.17, 15) is 9.59 Å². The number of benzene rings is 2. The predicted octanol–water partition coefficient (Wildman–Crippen LogP) is 3.81. The highest BCUT2D eigenvalue weighted by Gasteiger charge is 2.16. The molecule has 7 heteroatoms. The summed E-state index contributed by atoms with van der Waals surface area (Å²) >= 11 is 0. The molecule has 0 radical (unpaired) electrons. The molecule has 0 atom stereocenters. The third-order valence-corrected chi connectivity index (χ3v) is 3.86. The first-order chi connectivity index (χ1) is 13.5. The maximum atomic E-state index is 12.2. The highest BCUT2D eigenvalue weighted by molar-refractivity contribution is 5.87. The number of methoxy groups -OCH3 is 2. The molecule has 0 saturated heterocycles. The van der Waals surface area contributed by atoms with E-state index in [1.807, 2.05) is 43.3 Å². The van der Waals surface area contributed by atoms with Gasteiger partial charge in [-0.2, -0.15) is 0 Å². The molecule has 0 saturated carbocycles. The van der Waals surface area contributed by atoms with E-state index in [-0.39, 0.29) is 12.4 Å². The fourth-order valence-corrected chi connectivity index (χ4v) is 2.28. The smallest absolute Gasteiger partial charge is 0.414 e. The van der Waals surface area contributed by atoms with Gasteiger partial charge in [-0.15, -0.1) is 0 Å². The first-order valence-electron chi connectivity index (χ1n) is 8.50. The van der Waals surface area contributed by atoms with E-state index in [2.05, 4.69) is 4.74 Å². The Morgan fingerprint density at radius 2 is 1.79 bits per heavy atom. The minimum Gasteiger partial charge on any atom is -0.500 e. The van der Waals surface area contributed by atoms with Gasteiger partial charge in [0.25, 0.3) is 0 Å². The van der Waals surface area contributed by atoms with E-state index in [0.717, 1.165) is 17.5 Å². The highest BCUT2D eigenvalue weighted by Crippen LogP contribution is 2.23. The largest absolute Gasteiger partial charge is 0.500 e. The lowest BCUT2D eigenvalue weighted by Gasteiger charge is -2.17. The fourth-order valence-electron chi connectivity index (χ4n) is 2.28. The van der Waals surface area contributed by atoms with Gasteiger partial charge in [0.1, 0.15) is 18.6 Å². The summed E-state index contributed by atoms with van der Waals surface area (Å²) in [4.78, 5) is 25.4. The van der Waals surface area contributed by atoms with Gasteiger partial charge in [0.15, 0.2) is 0 Å². The quantitative estimate of drug-likeness (QED) is 0.410. The van der Waals surface area contributed by atoms with Crippen LogP contribution in [-0.4, -0.2) is 33.3 Å². The lowest BCUT2D eigenvalue weighted by molar-refractivity contribution is -0.138. The monoisotopic (exact) mass is 385 g/mol. The first kappa shape index (κ1) is 20.8. The Morgan fingerprint density at radius 1 is 1.07 bits per heavy atom. The molecule has 0 bridgehead atoms. The summed E-state index contributed by atoms with van der Waals surface area (Å²) in [7, 11) is 4.29. The van der Waals surface area contributed by atoms with E-state index in [1.54, 1.807) is 19.2 Å². The molecule has 0 aliphatic heterocycles. The standard InChI is InChI=1S/C21H23NO6/c1-15-10-11-16(12-18(15)28-19(14-25-3)20(23)26-4)13-27-21(24)22(2)17-8-6-5-7-9-17/h5-12,14H,13H2,1-4H3/b19-14-. The Labute approximate surface area is 164 Å². The van der Waals surface area contributed by atoms with Crippen molar-refractivity contribution in [2.45, 2.75) is 13.5 Å². The Balaban J connectivity index is 2.07. The van der Waals surface area contributed by atoms with Gasteiger partial charge < -0.3 is 18.9 Å². The number of amides is 1. The fraction of sp³-hybridized carbons (Fsp3) is 0.238. The summed E-state index contributed by atoms with van der Waals surface area (Å²) in [5.74, 6) is -0.327. The summed E-state index contributed by atoms with van der Waals surface area (Å²) < 4.78 is 20.5. The van der Waals surface area contributed by atoms with Crippen LogP contribution in [0.25, 0.3) is 0 Å². The Bertz CT molecular complexity index is 847. The van der Waals surface area contributed by atoms with E-state index in [0.29, 0.717) is 11.3 Å². The van der Waals surface area contributed by atoms with Gasteiger partial charge >= 0.3 is 12.1 Å². The Hall–Kier alpha value is -3.48. The molecule has 0 aliphatic rings. The zero-order valence-corrected chi connectivity index (χ0v) is 16.3. The van der Waals surface area contributed by atoms with Crippen LogP contribution in [0.3, 0.4) is 0 Å². The summed E-state index contributed by atoms with van der Waals surface area (Å²) in [5, 5.41) is 0.